The third kappa shape index (κ3) is 4.51. The smallest absolute Gasteiger partial charge is 0.253 e. The number of benzene rings is 1. The molecule has 2 heterocycles. The number of carbonyl (C=O) groups is 1. The summed E-state index contributed by atoms with van der Waals surface area (Å²) in [7, 11) is 0. The molecule has 3 rings (SSSR count). The average molecular weight is 426 g/mol. The molecule has 0 fully saturated rings. The van der Waals surface area contributed by atoms with Gasteiger partial charge in [-0.05, 0) is 55.1 Å². The number of rotatable bonds is 7. The van der Waals surface area contributed by atoms with Gasteiger partial charge in [-0.15, -0.1) is 5.10 Å². The normalized spacial score (nSPS) is 11.6. The Balaban J connectivity index is 1.82. The second-order valence-electron chi connectivity index (χ2n) is 8.24. The molecule has 6 nitrogen and oxygen atoms in total. The second kappa shape index (κ2) is 9.16. The predicted octanol–water partition coefficient (Wildman–Crippen LogP) is 5.28. The minimum Gasteiger partial charge on any atom is -0.326 e. The molecule has 0 saturated heterocycles. The maximum atomic E-state index is 12.9. The molecule has 0 radical (unpaired) electrons. The van der Waals surface area contributed by atoms with Gasteiger partial charge >= 0.3 is 0 Å². The molecule has 30 heavy (non-hydrogen) atoms. The van der Waals surface area contributed by atoms with Gasteiger partial charge in [-0.2, -0.15) is 4.98 Å². The van der Waals surface area contributed by atoms with Gasteiger partial charge in [0.15, 0.2) is 0 Å². The Morgan fingerprint density at radius 2 is 1.73 bits per heavy atom. The van der Waals surface area contributed by atoms with Crippen LogP contribution in [0.2, 0.25) is 0 Å². The van der Waals surface area contributed by atoms with E-state index in [4.69, 9.17) is 0 Å². The van der Waals surface area contributed by atoms with Crippen LogP contribution in [-0.4, -0.2) is 31.7 Å². The molecule has 0 bridgehead atoms. The highest BCUT2D eigenvalue weighted by Gasteiger charge is 2.18. The van der Waals surface area contributed by atoms with E-state index in [1.54, 1.807) is 4.52 Å². The molecule has 0 aliphatic heterocycles. The van der Waals surface area contributed by atoms with Gasteiger partial charge in [0.1, 0.15) is 0 Å². The Kier molecular flexibility index (Phi) is 6.81. The lowest BCUT2D eigenvalue weighted by Crippen LogP contribution is -2.17. The van der Waals surface area contributed by atoms with Gasteiger partial charge in [0, 0.05) is 23.5 Å². The van der Waals surface area contributed by atoms with Crippen LogP contribution in [0.3, 0.4) is 0 Å². The molecule has 1 amide bonds. The van der Waals surface area contributed by atoms with E-state index in [9.17, 15) is 4.79 Å². The highest BCUT2D eigenvalue weighted by atomic mass is 32.2. The topological polar surface area (TPSA) is 72.2 Å². The van der Waals surface area contributed by atoms with E-state index in [-0.39, 0.29) is 5.91 Å². The first-order chi connectivity index (χ1) is 14.2. The largest absolute Gasteiger partial charge is 0.326 e. The van der Waals surface area contributed by atoms with Crippen LogP contribution in [-0.2, 0) is 11.2 Å². The highest BCUT2D eigenvalue weighted by molar-refractivity contribution is 7.98. The number of thioether (sulfide) groups is 1. The van der Waals surface area contributed by atoms with Crippen LogP contribution in [0.5, 0.6) is 0 Å². The summed E-state index contributed by atoms with van der Waals surface area (Å²) >= 11 is 1.49. The Labute approximate surface area is 182 Å². The molecule has 0 atom stereocenters. The molecule has 3 aromatic rings. The Morgan fingerprint density at radius 1 is 1.10 bits per heavy atom. The van der Waals surface area contributed by atoms with Crippen LogP contribution in [0.1, 0.15) is 74.0 Å². The molecule has 0 saturated carbocycles. The lowest BCUT2D eigenvalue weighted by molar-refractivity contribution is -0.116. The van der Waals surface area contributed by atoms with Gasteiger partial charge < -0.3 is 5.32 Å². The first-order valence-electron chi connectivity index (χ1n) is 10.4. The molecule has 0 spiro atoms. The maximum Gasteiger partial charge on any atom is 0.253 e. The van der Waals surface area contributed by atoms with Gasteiger partial charge in [-0.1, -0.05) is 57.7 Å². The summed E-state index contributed by atoms with van der Waals surface area (Å²) in [5.41, 5.74) is 6.27. The number of hydrogen-bond donors (Lipinski definition) is 1. The fourth-order valence-electron chi connectivity index (χ4n) is 3.77. The zero-order valence-corrected chi connectivity index (χ0v) is 19.7. The van der Waals surface area contributed by atoms with Gasteiger partial charge in [0.05, 0.1) is 0 Å². The molecule has 1 aromatic carbocycles. The van der Waals surface area contributed by atoms with Crippen molar-refractivity contribution in [3.8, 4) is 0 Å². The van der Waals surface area contributed by atoms with Gasteiger partial charge in [-0.25, -0.2) is 9.50 Å². The number of para-hydroxylation sites is 1. The summed E-state index contributed by atoms with van der Waals surface area (Å²) in [5, 5.41) is 8.40. The van der Waals surface area contributed by atoms with Crippen LogP contribution in [0.4, 0.5) is 5.69 Å². The summed E-state index contributed by atoms with van der Waals surface area (Å²) in [6.07, 6.45) is 2.95. The molecule has 0 aliphatic rings. The van der Waals surface area contributed by atoms with Crippen LogP contribution < -0.4 is 5.32 Å². The molecule has 0 aliphatic carbocycles. The van der Waals surface area contributed by atoms with E-state index in [1.807, 2.05) is 20.1 Å². The fraction of sp³-hybridized carbons (Fsp3) is 0.478. The number of aromatic nitrogens is 4. The Bertz CT molecular complexity index is 1040. The third-order valence-electron chi connectivity index (χ3n) is 5.45. The quantitative estimate of drug-likeness (QED) is 0.521. The van der Waals surface area contributed by atoms with E-state index in [0.717, 1.165) is 22.6 Å². The Morgan fingerprint density at radius 3 is 2.30 bits per heavy atom. The van der Waals surface area contributed by atoms with Crippen LogP contribution in [0.15, 0.2) is 23.4 Å². The van der Waals surface area contributed by atoms with E-state index in [1.165, 1.54) is 22.9 Å². The number of anilines is 1. The average Bonchev–Trinajstić information content (AvgIpc) is 3.10. The van der Waals surface area contributed by atoms with E-state index >= 15 is 0 Å². The number of aryl methyl sites for hydroxylation is 2. The molecule has 0 unspecified atom stereocenters. The van der Waals surface area contributed by atoms with Crippen molar-refractivity contribution < 1.29 is 4.79 Å². The number of nitrogens with one attached hydrogen (secondary N) is 1. The maximum absolute atomic E-state index is 12.9. The first kappa shape index (κ1) is 22.3. The molecule has 7 heteroatoms. The SMILES string of the molecule is CSc1nc2nc(C)c(CCC(=O)Nc3c(C(C)C)cccc3C(C)C)c(C)n2n1. The molecule has 1 N–H and O–H groups in total. The molecular weight excluding hydrogens is 394 g/mol. The van der Waals surface area contributed by atoms with Crippen molar-refractivity contribution in [1.29, 1.82) is 0 Å². The van der Waals surface area contributed by atoms with Crippen LogP contribution >= 0.6 is 11.8 Å². The predicted molar refractivity (Wildman–Crippen MR) is 124 cm³/mol. The number of carbonyl (C=O) groups excluding carboxylic acids is 1. The molecule has 2 aromatic heterocycles. The number of amides is 1. The Hall–Kier alpha value is -2.41. The van der Waals surface area contributed by atoms with Crippen molar-refractivity contribution in [2.24, 2.45) is 0 Å². The first-order valence-corrected chi connectivity index (χ1v) is 11.6. The van der Waals surface area contributed by atoms with Crippen LogP contribution in [0.25, 0.3) is 5.78 Å². The van der Waals surface area contributed by atoms with Crippen molar-refractivity contribution in [1.82, 2.24) is 19.6 Å². The van der Waals surface area contributed by atoms with Crippen LogP contribution in [0, 0.1) is 13.8 Å². The summed E-state index contributed by atoms with van der Waals surface area (Å²) in [4.78, 5) is 21.9. The number of fused-ring (bicyclic) bond motifs is 1. The van der Waals surface area contributed by atoms with Crippen molar-refractivity contribution in [3.63, 3.8) is 0 Å². The van der Waals surface area contributed by atoms with Crippen molar-refractivity contribution in [2.75, 3.05) is 11.6 Å². The second-order valence-corrected chi connectivity index (χ2v) is 9.01. The van der Waals surface area contributed by atoms with Crippen molar-refractivity contribution in [2.45, 2.75) is 71.4 Å². The van der Waals surface area contributed by atoms with Gasteiger partial charge in [0.25, 0.3) is 5.78 Å². The summed E-state index contributed by atoms with van der Waals surface area (Å²) in [5.74, 6) is 1.31. The third-order valence-corrected chi connectivity index (χ3v) is 5.99. The van der Waals surface area contributed by atoms with Gasteiger partial charge in [-0.3, -0.25) is 4.79 Å². The summed E-state index contributed by atoms with van der Waals surface area (Å²) in [6, 6.07) is 6.29. The molecule has 160 valence electrons. The van der Waals surface area contributed by atoms with E-state index in [0.29, 0.717) is 35.6 Å². The summed E-state index contributed by atoms with van der Waals surface area (Å²) in [6.45, 7) is 12.6. The summed E-state index contributed by atoms with van der Waals surface area (Å²) < 4.78 is 1.77. The standard InChI is InChI=1S/C23H31N5OS/c1-13(2)17-9-8-10-18(14(3)4)21(17)25-20(29)12-11-19-15(5)24-22-26-23(30-7)27-28(22)16(19)6/h8-10,13-14H,11-12H2,1-7H3,(H,25,29). The number of nitrogens with zero attached hydrogens (tertiary/aromatic N) is 4. The fourth-order valence-corrected chi connectivity index (χ4v) is 4.11. The lowest BCUT2D eigenvalue weighted by atomic mass is 9.92. The molecular formula is C23H31N5OS. The number of hydrogen-bond acceptors (Lipinski definition) is 5. The van der Waals surface area contributed by atoms with Crippen molar-refractivity contribution >= 4 is 29.1 Å². The van der Waals surface area contributed by atoms with Gasteiger partial charge in [0.2, 0.25) is 11.1 Å². The monoisotopic (exact) mass is 425 g/mol. The minimum atomic E-state index is 0.0206. The zero-order valence-electron chi connectivity index (χ0n) is 18.9. The zero-order chi connectivity index (χ0) is 22.0. The van der Waals surface area contributed by atoms with E-state index < -0.39 is 0 Å². The lowest BCUT2D eigenvalue weighted by Gasteiger charge is -2.20. The highest BCUT2D eigenvalue weighted by Crippen LogP contribution is 2.32. The van der Waals surface area contributed by atoms with E-state index in [2.05, 4.69) is 66.3 Å². The van der Waals surface area contributed by atoms with Crippen molar-refractivity contribution in [3.05, 3.63) is 46.3 Å². The minimum absolute atomic E-state index is 0.0206.